The molecule has 0 radical (unpaired) electrons. The third-order valence-electron chi connectivity index (χ3n) is 2.54. The molecular weight excluding hydrogens is 341 g/mol. The van der Waals surface area contributed by atoms with E-state index in [1.165, 1.54) is 26.5 Å². The Morgan fingerprint density at radius 3 is 2.28 bits per heavy atom. The van der Waals surface area contributed by atoms with Crippen LogP contribution in [0.3, 0.4) is 0 Å². The van der Waals surface area contributed by atoms with E-state index in [4.69, 9.17) is 4.18 Å². The molecule has 1 atom stereocenters. The summed E-state index contributed by atoms with van der Waals surface area (Å²) in [5, 5.41) is -1.46. The van der Waals surface area contributed by atoms with Gasteiger partial charge in [0.05, 0.1) is 11.9 Å². The first-order valence-corrected chi connectivity index (χ1v) is 10.2. The lowest BCUT2D eigenvalue weighted by molar-refractivity contribution is 0.178. The van der Waals surface area contributed by atoms with E-state index in [0.29, 0.717) is 5.69 Å². The Kier molecular flexibility index (Phi) is 4.43. The van der Waals surface area contributed by atoms with Crippen molar-refractivity contribution in [2.75, 3.05) is 19.6 Å². The fraction of sp³-hybridized carbons (Fsp3) is 0.500. The summed E-state index contributed by atoms with van der Waals surface area (Å²) in [5.41, 5.74) is 0.324. The van der Waals surface area contributed by atoms with Gasteiger partial charge in [0.25, 0.3) is 10.1 Å². The van der Waals surface area contributed by atoms with Gasteiger partial charge in [-0.1, -0.05) is 0 Å². The number of hydrogen-bond donors (Lipinski definition) is 0. The quantitative estimate of drug-likeness (QED) is 0.613. The molecule has 0 amide bonds. The molecule has 102 valence electrons. The van der Waals surface area contributed by atoms with Crippen LogP contribution in [0.15, 0.2) is 22.8 Å². The van der Waals surface area contributed by atoms with Gasteiger partial charge in [-0.2, -0.15) is 8.42 Å². The third kappa shape index (κ3) is 3.63. The fourth-order valence-electron chi connectivity index (χ4n) is 1.35. The summed E-state index contributed by atoms with van der Waals surface area (Å²) in [5.74, 6) is 0. The fourth-order valence-corrected chi connectivity index (χ4v) is 4.07. The molecule has 0 aliphatic carbocycles. The molecular formula is C10H15BrNO4PS. The minimum atomic E-state index is -3.75. The number of nitrogens with zero attached hydrogens (tertiary/aromatic N) is 1. The molecule has 0 saturated carbocycles. The maximum absolute atomic E-state index is 12.4. The van der Waals surface area contributed by atoms with Crippen molar-refractivity contribution in [2.45, 2.75) is 12.3 Å². The van der Waals surface area contributed by atoms with Crippen LogP contribution in [0.1, 0.15) is 12.6 Å². The number of halogens is 1. The Labute approximate surface area is 116 Å². The van der Waals surface area contributed by atoms with Gasteiger partial charge in [0.15, 0.2) is 5.34 Å². The van der Waals surface area contributed by atoms with Gasteiger partial charge >= 0.3 is 0 Å². The molecule has 0 bridgehead atoms. The van der Waals surface area contributed by atoms with E-state index in [1.807, 2.05) is 0 Å². The maximum Gasteiger partial charge on any atom is 0.265 e. The smallest absolute Gasteiger partial charge is 0.265 e. The second-order valence-electron chi connectivity index (χ2n) is 4.48. The standard InChI is InChI=1S/C10H15BrNO4PS/c1-10(17(2,3)13,16-18(4,14)15)9-6-5-8(11)7-12-9/h5-7H,1-4H3. The van der Waals surface area contributed by atoms with Gasteiger partial charge in [0.2, 0.25) is 0 Å². The van der Waals surface area contributed by atoms with Gasteiger partial charge in [-0.25, -0.2) is 4.18 Å². The predicted molar refractivity (Wildman–Crippen MR) is 74.7 cm³/mol. The van der Waals surface area contributed by atoms with Crippen LogP contribution in [0.25, 0.3) is 0 Å². The molecule has 1 aromatic heterocycles. The van der Waals surface area contributed by atoms with E-state index < -0.39 is 22.6 Å². The lowest BCUT2D eigenvalue weighted by Crippen LogP contribution is -2.29. The Morgan fingerprint density at radius 2 is 1.94 bits per heavy atom. The van der Waals surface area contributed by atoms with Gasteiger partial charge in [-0.15, -0.1) is 0 Å². The molecule has 0 aliphatic heterocycles. The Morgan fingerprint density at radius 1 is 1.39 bits per heavy atom. The number of hydrogen-bond acceptors (Lipinski definition) is 5. The molecule has 0 aromatic carbocycles. The van der Waals surface area contributed by atoms with Crippen LogP contribution in [-0.2, 0) is 24.2 Å². The Balaban J connectivity index is 3.39. The number of pyridine rings is 1. The lowest BCUT2D eigenvalue weighted by atomic mass is 10.2. The van der Waals surface area contributed by atoms with Crippen molar-refractivity contribution >= 4 is 33.2 Å². The monoisotopic (exact) mass is 355 g/mol. The van der Waals surface area contributed by atoms with Crippen molar-refractivity contribution in [1.82, 2.24) is 4.98 Å². The van der Waals surface area contributed by atoms with Gasteiger partial charge in [-0.3, -0.25) is 4.98 Å². The van der Waals surface area contributed by atoms with Crippen molar-refractivity contribution in [3.63, 3.8) is 0 Å². The summed E-state index contributed by atoms with van der Waals surface area (Å²) < 4.78 is 40.9. The zero-order chi connectivity index (χ0) is 14.2. The first-order chi connectivity index (χ1) is 7.96. The third-order valence-corrected chi connectivity index (χ3v) is 6.15. The van der Waals surface area contributed by atoms with Crippen LogP contribution in [0, 0.1) is 0 Å². The minimum absolute atomic E-state index is 0.324. The summed E-state index contributed by atoms with van der Waals surface area (Å²) in [6.07, 6.45) is 2.44. The Hall–Kier alpha value is -0.230. The summed E-state index contributed by atoms with van der Waals surface area (Å²) in [7, 11) is -6.65. The van der Waals surface area contributed by atoms with Crippen molar-refractivity contribution in [3.05, 3.63) is 28.5 Å². The molecule has 0 spiro atoms. The molecule has 0 saturated heterocycles. The predicted octanol–water partition coefficient (Wildman–Crippen LogP) is 2.62. The minimum Gasteiger partial charge on any atom is -0.321 e. The molecule has 0 fully saturated rings. The highest BCUT2D eigenvalue weighted by molar-refractivity contribution is 9.10. The Bertz CT molecular complexity index is 580. The second kappa shape index (κ2) is 5.04. The van der Waals surface area contributed by atoms with Gasteiger partial charge < -0.3 is 4.57 Å². The van der Waals surface area contributed by atoms with Crippen LogP contribution in [0.5, 0.6) is 0 Å². The molecule has 0 N–H and O–H groups in total. The van der Waals surface area contributed by atoms with E-state index in [2.05, 4.69) is 20.9 Å². The van der Waals surface area contributed by atoms with E-state index >= 15 is 0 Å². The van der Waals surface area contributed by atoms with Crippen LogP contribution in [-0.4, -0.2) is 33.0 Å². The van der Waals surface area contributed by atoms with Crippen LogP contribution < -0.4 is 0 Å². The molecule has 8 heteroatoms. The highest BCUT2D eigenvalue weighted by Gasteiger charge is 2.44. The molecule has 1 unspecified atom stereocenters. The van der Waals surface area contributed by atoms with Crippen molar-refractivity contribution in [2.24, 2.45) is 0 Å². The first-order valence-electron chi connectivity index (χ1n) is 5.03. The van der Waals surface area contributed by atoms with E-state index in [1.54, 1.807) is 12.1 Å². The summed E-state index contributed by atoms with van der Waals surface area (Å²) in [6, 6.07) is 3.29. The van der Waals surface area contributed by atoms with Crippen LogP contribution in [0.4, 0.5) is 0 Å². The van der Waals surface area contributed by atoms with E-state index in [0.717, 1.165) is 10.7 Å². The largest absolute Gasteiger partial charge is 0.321 e. The summed E-state index contributed by atoms with van der Waals surface area (Å²) in [4.78, 5) is 4.09. The average molecular weight is 356 g/mol. The summed E-state index contributed by atoms with van der Waals surface area (Å²) >= 11 is 3.23. The highest BCUT2D eigenvalue weighted by Crippen LogP contribution is 2.58. The molecule has 0 aliphatic rings. The highest BCUT2D eigenvalue weighted by atomic mass is 79.9. The topological polar surface area (TPSA) is 73.3 Å². The molecule has 18 heavy (non-hydrogen) atoms. The first kappa shape index (κ1) is 15.8. The van der Waals surface area contributed by atoms with Crippen LogP contribution >= 0.6 is 23.1 Å². The normalized spacial score (nSPS) is 16.3. The molecule has 5 nitrogen and oxygen atoms in total. The summed E-state index contributed by atoms with van der Waals surface area (Å²) in [6.45, 7) is 4.43. The van der Waals surface area contributed by atoms with Crippen LogP contribution in [0.2, 0.25) is 0 Å². The van der Waals surface area contributed by atoms with E-state index in [9.17, 15) is 13.0 Å². The second-order valence-corrected chi connectivity index (χ2v) is 10.5. The zero-order valence-corrected chi connectivity index (χ0v) is 13.8. The van der Waals surface area contributed by atoms with Crippen molar-refractivity contribution in [1.29, 1.82) is 0 Å². The van der Waals surface area contributed by atoms with Gasteiger partial charge in [0, 0.05) is 10.7 Å². The zero-order valence-electron chi connectivity index (χ0n) is 10.5. The number of aromatic nitrogens is 1. The van der Waals surface area contributed by atoms with Gasteiger partial charge in [0.1, 0.15) is 7.14 Å². The van der Waals surface area contributed by atoms with Crippen molar-refractivity contribution < 1.29 is 17.2 Å². The number of rotatable bonds is 4. The molecule has 1 rings (SSSR count). The van der Waals surface area contributed by atoms with E-state index in [-0.39, 0.29) is 0 Å². The molecule has 1 heterocycles. The van der Waals surface area contributed by atoms with Crippen molar-refractivity contribution in [3.8, 4) is 0 Å². The van der Waals surface area contributed by atoms with Gasteiger partial charge in [-0.05, 0) is 48.3 Å². The average Bonchev–Trinajstić information content (AvgIpc) is 2.13. The lowest BCUT2D eigenvalue weighted by Gasteiger charge is -2.31. The maximum atomic E-state index is 12.4. The molecule has 1 aromatic rings. The SMILES string of the molecule is CC(OS(C)(=O)=O)(c1ccc(Br)cn1)P(C)(C)=O.